The highest BCUT2D eigenvalue weighted by atomic mass is 35.5. The van der Waals surface area contributed by atoms with E-state index in [0.29, 0.717) is 0 Å². The Kier molecular flexibility index (Phi) is 3.71. The number of carbonyl (C=O) groups excluding carboxylic acids is 1. The van der Waals surface area contributed by atoms with Gasteiger partial charge in [0.05, 0.1) is 10.7 Å². The van der Waals surface area contributed by atoms with Gasteiger partial charge in [-0.15, -0.1) is 0 Å². The molecule has 4 nitrogen and oxygen atoms in total. The summed E-state index contributed by atoms with van der Waals surface area (Å²) in [7, 11) is 1.23. The van der Waals surface area contributed by atoms with Crippen LogP contribution in [0.2, 0.25) is 5.02 Å². The van der Waals surface area contributed by atoms with Crippen molar-refractivity contribution in [3.8, 4) is 5.69 Å². The molecule has 1 N–H and O–H groups in total. The highest BCUT2D eigenvalue weighted by Gasteiger charge is 2.40. The number of imidazole rings is 1. The molecule has 0 saturated carbocycles. The molecule has 0 aliphatic carbocycles. The second-order valence-corrected chi connectivity index (χ2v) is 4.25. The summed E-state index contributed by atoms with van der Waals surface area (Å²) < 4.78 is 40.3. The molecule has 0 fully saturated rings. The molecule has 0 aliphatic rings. The van der Waals surface area contributed by atoms with Gasteiger partial charge >= 0.3 is 6.18 Å². The van der Waals surface area contributed by atoms with Crippen molar-refractivity contribution in [2.45, 2.75) is 6.18 Å². The van der Waals surface area contributed by atoms with E-state index in [2.05, 4.69) is 10.3 Å². The van der Waals surface area contributed by atoms with Crippen molar-refractivity contribution in [2.75, 3.05) is 7.05 Å². The summed E-state index contributed by atoms with van der Waals surface area (Å²) in [6, 6.07) is 6.00. The van der Waals surface area contributed by atoms with Gasteiger partial charge in [-0.05, 0) is 12.1 Å². The van der Waals surface area contributed by atoms with Crippen LogP contribution in [0.3, 0.4) is 0 Å². The van der Waals surface area contributed by atoms with Crippen LogP contribution in [0, 0.1) is 0 Å². The van der Waals surface area contributed by atoms with Gasteiger partial charge in [0, 0.05) is 7.05 Å². The van der Waals surface area contributed by atoms with Crippen LogP contribution in [0.5, 0.6) is 0 Å². The fourth-order valence-electron chi connectivity index (χ4n) is 1.73. The number of aromatic nitrogens is 2. The molecule has 2 aromatic rings. The lowest BCUT2D eigenvalue weighted by atomic mass is 10.2. The average Bonchev–Trinajstić information content (AvgIpc) is 2.83. The molecule has 0 atom stereocenters. The van der Waals surface area contributed by atoms with Gasteiger partial charge in [-0.25, -0.2) is 4.98 Å². The molecule has 0 spiro atoms. The van der Waals surface area contributed by atoms with Gasteiger partial charge in [-0.1, -0.05) is 23.7 Å². The smallest absolute Gasteiger partial charge is 0.354 e. The zero-order chi connectivity index (χ0) is 14.9. The number of hydrogen-bond donors (Lipinski definition) is 1. The predicted molar refractivity (Wildman–Crippen MR) is 67.0 cm³/mol. The molecule has 1 aromatic carbocycles. The van der Waals surface area contributed by atoms with E-state index in [4.69, 9.17) is 11.6 Å². The van der Waals surface area contributed by atoms with E-state index < -0.39 is 23.5 Å². The number of benzene rings is 1. The highest BCUT2D eigenvalue weighted by molar-refractivity contribution is 6.32. The number of para-hydroxylation sites is 1. The maximum absolute atomic E-state index is 13.2. The summed E-state index contributed by atoms with van der Waals surface area (Å²) in [6.07, 6.45) is -3.81. The minimum atomic E-state index is -4.74. The molecule has 8 heteroatoms. The summed E-state index contributed by atoms with van der Waals surface area (Å²) >= 11 is 5.89. The number of nitrogens with one attached hydrogen (secondary N) is 1. The molecule has 1 amide bonds. The summed E-state index contributed by atoms with van der Waals surface area (Å²) in [6.45, 7) is 0. The van der Waals surface area contributed by atoms with Crippen molar-refractivity contribution >= 4 is 17.5 Å². The van der Waals surface area contributed by atoms with E-state index in [1.54, 1.807) is 12.1 Å². The van der Waals surface area contributed by atoms with Crippen LogP contribution in [0.25, 0.3) is 5.69 Å². The first-order chi connectivity index (χ1) is 9.36. The van der Waals surface area contributed by atoms with Gasteiger partial charge in [-0.3, -0.25) is 9.36 Å². The molecule has 0 aliphatic heterocycles. The van der Waals surface area contributed by atoms with Gasteiger partial charge in [-0.2, -0.15) is 13.2 Å². The second kappa shape index (κ2) is 5.16. The monoisotopic (exact) mass is 303 g/mol. The molecule has 1 aromatic heterocycles. The number of carbonyl (C=O) groups is 1. The Labute approximate surface area is 117 Å². The Bertz CT molecular complexity index is 652. The van der Waals surface area contributed by atoms with Gasteiger partial charge < -0.3 is 5.32 Å². The summed E-state index contributed by atoms with van der Waals surface area (Å²) in [5.41, 5.74) is -1.76. The SMILES string of the molecule is CNC(=O)c1ncn(-c2ccccc2Cl)c1C(F)(F)F. The number of amides is 1. The Morgan fingerprint density at radius 2 is 2.00 bits per heavy atom. The van der Waals surface area contributed by atoms with Crippen LogP contribution in [0.15, 0.2) is 30.6 Å². The Balaban J connectivity index is 2.70. The van der Waals surface area contributed by atoms with E-state index >= 15 is 0 Å². The fraction of sp³-hybridized carbons (Fsp3) is 0.167. The van der Waals surface area contributed by atoms with Gasteiger partial charge in [0.25, 0.3) is 5.91 Å². The van der Waals surface area contributed by atoms with Crippen molar-refractivity contribution in [3.63, 3.8) is 0 Å². The highest BCUT2D eigenvalue weighted by Crippen LogP contribution is 2.34. The third-order valence-electron chi connectivity index (χ3n) is 2.59. The van der Waals surface area contributed by atoms with E-state index in [-0.39, 0.29) is 10.7 Å². The average molecular weight is 304 g/mol. The third-order valence-corrected chi connectivity index (χ3v) is 2.91. The lowest BCUT2D eigenvalue weighted by Crippen LogP contribution is -2.24. The zero-order valence-electron chi connectivity index (χ0n) is 10.2. The maximum atomic E-state index is 13.2. The molecular formula is C12H9ClF3N3O. The Morgan fingerprint density at radius 3 is 2.55 bits per heavy atom. The van der Waals surface area contributed by atoms with Gasteiger partial charge in [0.1, 0.15) is 6.33 Å². The Morgan fingerprint density at radius 1 is 1.35 bits per heavy atom. The fourth-order valence-corrected chi connectivity index (χ4v) is 1.96. The Hall–Kier alpha value is -2.02. The standard InChI is InChI=1S/C12H9ClF3N3O/c1-17-11(20)9-10(12(14,15)16)19(6-18-9)8-5-3-2-4-7(8)13/h2-6H,1H3,(H,17,20). The summed E-state index contributed by atoms with van der Waals surface area (Å²) in [5, 5.41) is 2.25. The third kappa shape index (κ3) is 2.49. The lowest BCUT2D eigenvalue weighted by Gasteiger charge is -2.13. The van der Waals surface area contributed by atoms with E-state index in [1.807, 2.05) is 0 Å². The molecule has 0 unspecified atom stereocenters. The van der Waals surface area contributed by atoms with Crippen molar-refractivity contribution in [1.82, 2.24) is 14.9 Å². The van der Waals surface area contributed by atoms with E-state index in [9.17, 15) is 18.0 Å². The van der Waals surface area contributed by atoms with E-state index in [0.717, 1.165) is 10.9 Å². The van der Waals surface area contributed by atoms with Crippen molar-refractivity contribution in [1.29, 1.82) is 0 Å². The van der Waals surface area contributed by atoms with Crippen molar-refractivity contribution in [3.05, 3.63) is 47.0 Å². The van der Waals surface area contributed by atoms with E-state index in [1.165, 1.54) is 19.2 Å². The molecule has 0 saturated heterocycles. The molecular weight excluding hydrogens is 295 g/mol. The maximum Gasteiger partial charge on any atom is 0.434 e. The minimum absolute atomic E-state index is 0.101. The van der Waals surface area contributed by atoms with Crippen LogP contribution in [0.1, 0.15) is 16.2 Å². The van der Waals surface area contributed by atoms with Crippen LogP contribution in [0.4, 0.5) is 13.2 Å². The first-order valence-corrected chi connectivity index (χ1v) is 5.85. The lowest BCUT2D eigenvalue weighted by molar-refractivity contribution is -0.142. The number of rotatable bonds is 2. The summed E-state index contributed by atoms with van der Waals surface area (Å²) in [4.78, 5) is 15.0. The molecule has 0 radical (unpaired) electrons. The number of halogens is 4. The number of hydrogen-bond acceptors (Lipinski definition) is 2. The molecule has 106 valence electrons. The quantitative estimate of drug-likeness (QED) is 0.927. The van der Waals surface area contributed by atoms with Gasteiger partial charge in [0.2, 0.25) is 0 Å². The number of nitrogens with zero attached hydrogens (tertiary/aromatic N) is 2. The molecule has 2 rings (SSSR count). The topological polar surface area (TPSA) is 46.9 Å². The normalized spacial score (nSPS) is 11.4. The number of alkyl halides is 3. The molecule has 1 heterocycles. The first kappa shape index (κ1) is 14.4. The van der Waals surface area contributed by atoms with Crippen LogP contribution >= 0.6 is 11.6 Å². The van der Waals surface area contributed by atoms with Crippen molar-refractivity contribution in [2.24, 2.45) is 0 Å². The minimum Gasteiger partial charge on any atom is -0.354 e. The van der Waals surface area contributed by atoms with Gasteiger partial charge in [0.15, 0.2) is 11.4 Å². The summed E-state index contributed by atoms with van der Waals surface area (Å²) in [5.74, 6) is -0.914. The largest absolute Gasteiger partial charge is 0.434 e. The van der Waals surface area contributed by atoms with Crippen LogP contribution in [-0.2, 0) is 6.18 Å². The van der Waals surface area contributed by atoms with Crippen molar-refractivity contribution < 1.29 is 18.0 Å². The molecule has 20 heavy (non-hydrogen) atoms. The van der Waals surface area contributed by atoms with Crippen LogP contribution in [-0.4, -0.2) is 22.5 Å². The van der Waals surface area contributed by atoms with Crippen LogP contribution < -0.4 is 5.32 Å². The first-order valence-electron chi connectivity index (χ1n) is 5.47. The predicted octanol–water partition coefficient (Wildman–Crippen LogP) is 2.90. The molecule has 0 bridgehead atoms. The second-order valence-electron chi connectivity index (χ2n) is 3.84. The zero-order valence-corrected chi connectivity index (χ0v) is 11.0.